The Morgan fingerprint density at radius 2 is 1.89 bits per heavy atom. The molecule has 1 aliphatic heterocycles. The number of aromatic nitrogens is 2. The highest BCUT2D eigenvalue weighted by Gasteiger charge is 2.19. The van der Waals surface area contributed by atoms with Gasteiger partial charge in [-0.25, -0.2) is 0 Å². The van der Waals surface area contributed by atoms with E-state index in [0.717, 1.165) is 51.1 Å². The van der Waals surface area contributed by atoms with Gasteiger partial charge in [-0.3, -0.25) is 9.69 Å². The molecule has 0 atom stereocenters. The maximum absolute atomic E-state index is 12.1. The van der Waals surface area contributed by atoms with E-state index in [1.807, 2.05) is 48.2 Å². The van der Waals surface area contributed by atoms with Crippen LogP contribution in [0.4, 0.5) is 0 Å². The number of rotatable bonds is 7. The maximum Gasteiger partial charge on any atom is 0.246 e. The Bertz CT molecular complexity index is 815. The molecule has 0 saturated carbocycles. The summed E-state index contributed by atoms with van der Waals surface area (Å²) in [5, 5.41) is 4.09. The summed E-state index contributed by atoms with van der Waals surface area (Å²) >= 11 is 0. The molecule has 1 fully saturated rings. The van der Waals surface area contributed by atoms with E-state index in [1.165, 1.54) is 5.56 Å². The maximum atomic E-state index is 12.1. The van der Waals surface area contributed by atoms with Gasteiger partial charge in [0.2, 0.25) is 17.6 Å². The van der Waals surface area contributed by atoms with E-state index in [0.29, 0.717) is 11.7 Å². The van der Waals surface area contributed by atoms with Gasteiger partial charge in [0.1, 0.15) is 0 Å². The van der Waals surface area contributed by atoms with Crippen molar-refractivity contribution in [2.75, 3.05) is 32.7 Å². The predicted molar refractivity (Wildman–Crippen MR) is 110 cm³/mol. The minimum absolute atomic E-state index is 0.0900. The van der Waals surface area contributed by atoms with Crippen molar-refractivity contribution < 1.29 is 9.32 Å². The summed E-state index contributed by atoms with van der Waals surface area (Å²) < 4.78 is 5.39. The lowest BCUT2D eigenvalue weighted by atomic mass is 10.1. The molecule has 2 aromatic rings. The van der Waals surface area contributed by atoms with E-state index in [-0.39, 0.29) is 5.91 Å². The van der Waals surface area contributed by atoms with E-state index in [4.69, 9.17) is 4.52 Å². The summed E-state index contributed by atoms with van der Waals surface area (Å²) in [5.74, 6) is 1.42. The molecule has 1 amide bonds. The molecule has 0 unspecified atom stereocenters. The largest absolute Gasteiger partial charge is 0.339 e. The molecular formula is C22H28N4O2. The third kappa shape index (κ3) is 5.63. The van der Waals surface area contributed by atoms with Crippen molar-refractivity contribution in [2.45, 2.75) is 26.7 Å². The molecule has 1 aromatic heterocycles. The van der Waals surface area contributed by atoms with Crippen LogP contribution in [0.2, 0.25) is 0 Å². The summed E-state index contributed by atoms with van der Waals surface area (Å²) in [5.41, 5.74) is 2.19. The normalized spacial score (nSPS) is 15.7. The summed E-state index contributed by atoms with van der Waals surface area (Å²) in [6.45, 7) is 8.32. The summed E-state index contributed by atoms with van der Waals surface area (Å²) in [6, 6.07) is 8.12. The lowest BCUT2D eigenvalue weighted by molar-refractivity contribution is -0.127. The summed E-state index contributed by atoms with van der Waals surface area (Å²) in [6.07, 6.45) is 8.94. The first-order valence-corrected chi connectivity index (χ1v) is 9.86. The number of piperazine rings is 1. The van der Waals surface area contributed by atoms with Crippen LogP contribution in [-0.2, 0) is 11.2 Å². The lowest BCUT2D eigenvalue weighted by Gasteiger charge is -2.34. The van der Waals surface area contributed by atoms with Crippen molar-refractivity contribution in [1.82, 2.24) is 19.9 Å². The zero-order valence-electron chi connectivity index (χ0n) is 16.7. The molecule has 148 valence electrons. The molecule has 0 bridgehead atoms. The predicted octanol–water partition coefficient (Wildman–Crippen LogP) is 3.25. The van der Waals surface area contributed by atoms with Crippen molar-refractivity contribution in [2.24, 2.45) is 0 Å². The molecule has 6 heteroatoms. The number of hydrogen-bond acceptors (Lipinski definition) is 5. The van der Waals surface area contributed by atoms with Crippen LogP contribution in [0.25, 0.3) is 11.4 Å². The first kappa shape index (κ1) is 20.0. The lowest BCUT2D eigenvalue weighted by Crippen LogP contribution is -2.48. The van der Waals surface area contributed by atoms with Crippen molar-refractivity contribution in [3.63, 3.8) is 0 Å². The van der Waals surface area contributed by atoms with Crippen LogP contribution >= 0.6 is 0 Å². The highest BCUT2D eigenvalue weighted by molar-refractivity contribution is 5.87. The molecule has 0 N–H and O–H groups in total. The zero-order valence-corrected chi connectivity index (χ0v) is 16.7. The molecule has 2 heterocycles. The van der Waals surface area contributed by atoms with Crippen molar-refractivity contribution in [3.8, 4) is 11.4 Å². The second-order valence-corrected chi connectivity index (χ2v) is 7.03. The van der Waals surface area contributed by atoms with Gasteiger partial charge in [0.05, 0.1) is 0 Å². The second kappa shape index (κ2) is 9.99. The molecule has 0 radical (unpaired) electrons. The molecule has 6 nitrogen and oxygen atoms in total. The highest BCUT2D eigenvalue weighted by atomic mass is 16.5. The van der Waals surface area contributed by atoms with Crippen molar-refractivity contribution in [3.05, 3.63) is 60.0 Å². The van der Waals surface area contributed by atoms with Crippen LogP contribution in [0.5, 0.6) is 0 Å². The summed E-state index contributed by atoms with van der Waals surface area (Å²) in [7, 11) is 0. The van der Waals surface area contributed by atoms with E-state index in [2.05, 4.69) is 22.0 Å². The van der Waals surface area contributed by atoms with E-state index < -0.39 is 0 Å². The van der Waals surface area contributed by atoms with E-state index in [1.54, 1.807) is 12.2 Å². The van der Waals surface area contributed by atoms with Gasteiger partial charge in [-0.15, -0.1) is 0 Å². The molecule has 0 spiro atoms. The van der Waals surface area contributed by atoms with Gasteiger partial charge < -0.3 is 9.42 Å². The minimum atomic E-state index is 0.0900. The molecule has 3 rings (SSSR count). The fourth-order valence-electron chi connectivity index (χ4n) is 3.18. The number of amides is 1. The Labute approximate surface area is 166 Å². The first-order valence-electron chi connectivity index (χ1n) is 9.86. The third-order valence-corrected chi connectivity index (χ3v) is 4.87. The van der Waals surface area contributed by atoms with Crippen LogP contribution in [0, 0.1) is 6.92 Å². The van der Waals surface area contributed by atoms with Gasteiger partial charge in [0, 0.05) is 44.2 Å². The number of aryl methyl sites for hydroxylation is 2. The average molecular weight is 380 g/mol. The highest BCUT2D eigenvalue weighted by Crippen LogP contribution is 2.17. The average Bonchev–Trinajstić information content (AvgIpc) is 3.18. The fraction of sp³-hybridized carbons (Fsp3) is 0.409. The van der Waals surface area contributed by atoms with Crippen LogP contribution < -0.4 is 0 Å². The number of benzene rings is 1. The van der Waals surface area contributed by atoms with Crippen LogP contribution in [-0.4, -0.2) is 58.6 Å². The first-order chi connectivity index (χ1) is 13.7. The van der Waals surface area contributed by atoms with Crippen LogP contribution in [0.15, 0.2) is 53.1 Å². The Morgan fingerprint density at radius 3 is 2.61 bits per heavy atom. The Morgan fingerprint density at radius 1 is 1.14 bits per heavy atom. The second-order valence-electron chi connectivity index (χ2n) is 7.03. The van der Waals surface area contributed by atoms with Crippen LogP contribution in [0.3, 0.4) is 0 Å². The minimum Gasteiger partial charge on any atom is -0.339 e. The number of carbonyl (C=O) groups excluding carboxylic acids is 1. The summed E-state index contributed by atoms with van der Waals surface area (Å²) in [4.78, 5) is 20.9. The van der Waals surface area contributed by atoms with E-state index >= 15 is 0 Å². The van der Waals surface area contributed by atoms with E-state index in [9.17, 15) is 4.79 Å². The molecule has 28 heavy (non-hydrogen) atoms. The number of allylic oxidation sites excluding steroid dienone is 3. The zero-order chi connectivity index (χ0) is 19.8. The molecular weight excluding hydrogens is 352 g/mol. The molecule has 0 aliphatic carbocycles. The number of nitrogens with zero attached hydrogens (tertiary/aromatic N) is 4. The quantitative estimate of drug-likeness (QED) is 0.545. The Kier molecular flexibility index (Phi) is 7.14. The van der Waals surface area contributed by atoms with Gasteiger partial charge in [-0.2, -0.15) is 4.98 Å². The van der Waals surface area contributed by atoms with Gasteiger partial charge in [-0.05, 0) is 26.8 Å². The third-order valence-electron chi connectivity index (χ3n) is 4.87. The van der Waals surface area contributed by atoms with Gasteiger partial charge in [-0.1, -0.05) is 53.2 Å². The fourth-order valence-corrected chi connectivity index (χ4v) is 3.18. The molecule has 1 aromatic carbocycles. The topological polar surface area (TPSA) is 62.5 Å². The standard InChI is InChI=1S/C22H28N4O2/c1-3-4-5-8-21(27)26-16-14-25(15-17-26)13-6-7-20-23-22(24-28-20)19-11-9-18(2)10-12-19/h3-5,8-12H,6-7,13-17H2,1-2H3/b4-3+,8-5+. The van der Waals surface area contributed by atoms with Gasteiger partial charge >= 0.3 is 0 Å². The monoisotopic (exact) mass is 380 g/mol. The molecule has 1 aliphatic rings. The smallest absolute Gasteiger partial charge is 0.246 e. The van der Waals surface area contributed by atoms with Crippen molar-refractivity contribution >= 4 is 5.91 Å². The van der Waals surface area contributed by atoms with Gasteiger partial charge in [0.25, 0.3) is 0 Å². The van der Waals surface area contributed by atoms with Gasteiger partial charge in [0.15, 0.2) is 0 Å². The Hall–Kier alpha value is -2.73. The van der Waals surface area contributed by atoms with Crippen LogP contribution in [0.1, 0.15) is 24.8 Å². The Balaban J connectivity index is 1.39. The SMILES string of the molecule is C/C=C/C=C/C(=O)N1CCN(CCCc2nc(-c3ccc(C)cc3)no2)CC1. The number of hydrogen-bond donors (Lipinski definition) is 0. The molecule has 1 saturated heterocycles. The van der Waals surface area contributed by atoms with Crippen molar-refractivity contribution in [1.29, 1.82) is 0 Å². The number of carbonyl (C=O) groups is 1.